The van der Waals surface area contributed by atoms with E-state index < -0.39 is 0 Å². The van der Waals surface area contributed by atoms with Gasteiger partial charge in [-0.05, 0) is 30.5 Å². The van der Waals surface area contributed by atoms with Crippen molar-refractivity contribution in [2.75, 3.05) is 26.2 Å². The second kappa shape index (κ2) is 8.01. The average Bonchev–Trinajstić information content (AvgIpc) is 3.19. The molecule has 1 aromatic rings. The highest BCUT2D eigenvalue weighted by Gasteiger charge is 2.39. The summed E-state index contributed by atoms with van der Waals surface area (Å²) >= 11 is 0. The Morgan fingerprint density at radius 1 is 1.27 bits per heavy atom. The standard InChI is InChI=1S/C20H26N2O4/c1-3-14(2)12-16-13-18(24)22(19(16)25)9-8-21-10-11-26-20(21)15-4-6-17(23)7-5-15/h4-7,16,20,23H,2-3,8-13H2,1H3. The number of rotatable bonds is 7. The molecule has 140 valence electrons. The predicted octanol–water partition coefficient (Wildman–Crippen LogP) is 2.45. The lowest BCUT2D eigenvalue weighted by Gasteiger charge is -2.25. The molecule has 1 aromatic carbocycles. The van der Waals surface area contributed by atoms with Crippen molar-refractivity contribution in [3.63, 3.8) is 0 Å². The molecule has 2 heterocycles. The van der Waals surface area contributed by atoms with Crippen LogP contribution in [0.25, 0.3) is 0 Å². The van der Waals surface area contributed by atoms with E-state index in [0.717, 1.165) is 24.1 Å². The van der Waals surface area contributed by atoms with Crippen LogP contribution in [-0.4, -0.2) is 53.0 Å². The number of hydrogen-bond acceptors (Lipinski definition) is 5. The molecule has 2 fully saturated rings. The lowest BCUT2D eigenvalue weighted by atomic mass is 9.97. The third-order valence-corrected chi connectivity index (χ3v) is 5.15. The zero-order chi connectivity index (χ0) is 18.7. The lowest BCUT2D eigenvalue weighted by Crippen LogP contribution is -2.38. The molecule has 3 rings (SSSR count). The fourth-order valence-corrected chi connectivity index (χ4v) is 3.55. The van der Waals surface area contributed by atoms with Gasteiger partial charge in [0.15, 0.2) is 0 Å². The van der Waals surface area contributed by atoms with Gasteiger partial charge in [0.05, 0.1) is 12.5 Å². The van der Waals surface area contributed by atoms with Crippen molar-refractivity contribution in [1.82, 2.24) is 9.80 Å². The highest BCUT2D eigenvalue weighted by atomic mass is 16.5. The molecule has 26 heavy (non-hydrogen) atoms. The molecule has 2 amide bonds. The summed E-state index contributed by atoms with van der Waals surface area (Å²) in [5.41, 5.74) is 1.97. The molecule has 2 atom stereocenters. The minimum Gasteiger partial charge on any atom is -0.508 e. The SMILES string of the molecule is C=C(CC)CC1CC(=O)N(CCN2CCOC2c2ccc(O)cc2)C1=O. The van der Waals surface area contributed by atoms with Crippen LogP contribution in [0.3, 0.4) is 0 Å². The largest absolute Gasteiger partial charge is 0.508 e. The van der Waals surface area contributed by atoms with Gasteiger partial charge < -0.3 is 9.84 Å². The van der Waals surface area contributed by atoms with E-state index in [0.29, 0.717) is 26.1 Å². The Bertz CT molecular complexity index is 686. The van der Waals surface area contributed by atoms with Crippen LogP contribution in [0.1, 0.15) is 38.0 Å². The molecule has 0 aliphatic carbocycles. The first-order valence-corrected chi connectivity index (χ1v) is 9.15. The average molecular weight is 358 g/mol. The van der Waals surface area contributed by atoms with Crippen LogP contribution < -0.4 is 0 Å². The number of phenolic OH excluding ortho intramolecular Hbond substituents is 1. The molecular weight excluding hydrogens is 332 g/mol. The summed E-state index contributed by atoms with van der Waals surface area (Å²) in [5, 5.41) is 9.43. The summed E-state index contributed by atoms with van der Waals surface area (Å²) in [7, 11) is 0. The molecule has 0 spiro atoms. The molecule has 6 heteroatoms. The van der Waals surface area contributed by atoms with E-state index in [-0.39, 0.29) is 36.1 Å². The van der Waals surface area contributed by atoms with Crippen molar-refractivity contribution in [1.29, 1.82) is 0 Å². The number of nitrogens with zero attached hydrogens (tertiary/aromatic N) is 2. The van der Waals surface area contributed by atoms with Gasteiger partial charge >= 0.3 is 0 Å². The predicted molar refractivity (Wildman–Crippen MR) is 97.2 cm³/mol. The lowest BCUT2D eigenvalue weighted by molar-refractivity contribution is -0.139. The van der Waals surface area contributed by atoms with Crippen LogP contribution in [0, 0.1) is 5.92 Å². The van der Waals surface area contributed by atoms with Crippen LogP contribution in [0.5, 0.6) is 5.75 Å². The minimum absolute atomic E-state index is 0.0779. The van der Waals surface area contributed by atoms with E-state index in [1.54, 1.807) is 12.1 Å². The van der Waals surface area contributed by atoms with Gasteiger partial charge in [0.1, 0.15) is 12.0 Å². The normalized spacial score (nSPS) is 23.8. The first-order valence-electron chi connectivity index (χ1n) is 9.15. The maximum absolute atomic E-state index is 12.5. The van der Waals surface area contributed by atoms with Crippen LogP contribution in [0.15, 0.2) is 36.4 Å². The van der Waals surface area contributed by atoms with Crippen molar-refractivity contribution in [2.24, 2.45) is 5.92 Å². The summed E-state index contributed by atoms with van der Waals surface area (Å²) in [6, 6.07) is 6.93. The number of phenols is 1. The zero-order valence-electron chi connectivity index (χ0n) is 15.2. The Balaban J connectivity index is 1.59. The maximum atomic E-state index is 12.5. The van der Waals surface area contributed by atoms with Crippen LogP contribution >= 0.6 is 0 Å². The van der Waals surface area contributed by atoms with Crippen LogP contribution in [0.4, 0.5) is 0 Å². The number of carbonyl (C=O) groups excluding carboxylic acids is 2. The molecule has 2 aliphatic rings. The van der Waals surface area contributed by atoms with Crippen LogP contribution in [-0.2, 0) is 14.3 Å². The molecule has 2 unspecified atom stereocenters. The molecule has 0 bridgehead atoms. The monoisotopic (exact) mass is 358 g/mol. The van der Waals surface area contributed by atoms with Crippen molar-refractivity contribution in [2.45, 2.75) is 32.4 Å². The number of benzene rings is 1. The van der Waals surface area contributed by atoms with E-state index in [1.165, 1.54) is 4.90 Å². The third-order valence-electron chi connectivity index (χ3n) is 5.15. The fraction of sp³-hybridized carbons (Fsp3) is 0.500. The van der Waals surface area contributed by atoms with Crippen LogP contribution in [0.2, 0.25) is 0 Å². The quantitative estimate of drug-likeness (QED) is 0.599. The van der Waals surface area contributed by atoms with E-state index in [1.807, 2.05) is 19.1 Å². The number of imide groups is 1. The highest BCUT2D eigenvalue weighted by molar-refractivity contribution is 6.03. The second-order valence-corrected chi connectivity index (χ2v) is 6.94. The minimum atomic E-state index is -0.252. The number of ether oxygens (including phenoxy) is 1. The summed E-state index contributed by atoms with van der Waals surface area (Å²) in [4.78, 5) is 28.3. The van der Waals surface area contributed by atoms with Gasteiger partial charge in [-0.15, -0.1) is 0 Å². The summed E-state index contributed by atoms with van der Waals surface area (Å²) < 4.78 is 5.79. The summed E-state index contributed by atoms with van der Waals surface area (Å²) in [6.45, 7) is 8.27. The molecular formula is C20H26N2O4. The van der Waals surface area contributed by atoms with Gasteiger partial charge in [-0.3, -0.25) is 19.4 Å². The fourth-order valence-electron chi connectivity index (χ4n) is 3.55. The Morgan fingerprint density at radius 3 is 2.69 bits per heavy atom. The Hall–Kier alpha value is -2.18. The highest BCUT2D eigenvalue weighted by Crippen LogP contribution is 2.29. The van der Waals surface area contributed by atoms with Crippen molar-refractivity contribution in [3.05, 3.63) is 42.0 Å². The van der Waals surface area contributed by atoms with E-state index in [2.05, 4.69) is 11.5 Å². The van der Waals surface area contributed by atoms with E-state index in [9.17, 15) is 14.7 Å². The van der Waals surface area contributed by atoms with Gasteiger partial charge in [-0.25, -0.2) is 0 Å². The van der Waals surface area contributed by atoms with Gasteiger partial charge in [0.25, 0.3) is 0 Å². The number of hydrogen-bond donors (Lipinski definition) is 1. The molecule has 0 saturated carbocycles. The number of allylic oxidation sites excluding steroid dienone is 1. The third kappa shape index (κ3) is 3.97. The topological polar surface area (TPSA) is 70.1 Å². The van der Waals surface area contributed by atoms with Gasteiger partial charge in [-0.2, -0.15) is 0 Å². The maximum Gasteiger partial charge on any atom is 0.233 e. The van der Waals surface area contributed by atoms with Gasteiger partial charge in [0.2, 0.25) is 11.8 Å². The molecule has 0 aromatic heterocycles. The van der Waals surface area contributed by atoms with Crippen molar-refractivity contribution in [3.8, 4) is 5.75 Å². The van der Waals surface area contributed by atoms with Gasteiger partial charge in [0, 0.05) is 26.1 Å². The number of amides is 2. The van der Waals surface area contributed by atoms with E-state index in [4.69, 9.17) is 4.74 Å². The first-order chi connectivity index (χ1) is 12.5. The van der Waals surface area contributed by atoms with Crippen molar-refractivity contribution < 1.29 is 19.4 Å². The molecule has 6 nitrogen and oxygen atoms in total. The molecule has 2 aliphatic heterocycles. The smallest absolute Gasteiger partial charge is 0.233 e. The molecule has 0 radical (unpaired) electrons. The number of aromatic hydroxyl groups is 1. The van der Waals surface area contributed by atoms with E-state index >= 15 is 0 Å². The first kappa shape index (κ1) is 18.6. The number of likely N-dealkylation sites (tertiary alicyclic amines) is 1. The Kier molecular flexibility index (Phi) is 5.74. The Morgan fingerprint density at radius 2 is 2.00 bits per heavy atom. The molecule has 2 saturated heterocycles. The molecule has 1 N–H and O–H groups in total. The second-order valence-electron chi connectivity index (χ2n) is 6.94. The number of carbonyl (C=O) groups is 2. The summed E-state index contributed by atoms with van der Waals surface area (Å²) in [5.74, 6) is -0.208. The zero-order valence-corrected chi connectivity index (χ0v) is 15.2. The van der Waals surface area contributed by atoms with Gasteiger partial charge in [-0.1, -0.05) is 31.2 Å². The summed E-state index contributed by atoms with van der Waals surface area (Å²) in [6.07, 6.45) is 1.51. The van der Waals surface area contributed by atoms with Crippen molar-refractivity contribution >= 4 is 11.8 Å². The Labute approximate surface area is 154 Å².